The fourth-order valence-corrected chi connectivity index (χ4v) is 2.20. The minimum atomic E-state index is -4.60. The van der Waals surface area contributed by atoms with E-state index in [-0.39, 0.29) is 22.5 Å². The van der Waals surface area contributed by atoms with Crippen molar-refractivity contribution < 1.29 is 22.3 Å². The third-order valence-electron chi connectivity index (χ3n) is 3.12. The molecule has 3 nitrogen and oxygen atoms in total. The first-order valence-electron chi connectivity index (χ1n) is 6.28. The van der Waals surface area contributed by atoms with E-state index in [1.165, 1.54) is 20.1 Å². The standard InChI is InChI=1S/C14H14F4N2O/c1-4-19-12-7(2)13(14(16,17)18)20-10-6-9(15)11(21-3)5-8(10)12/h5-6H,4H2,1-3H3,(H,19,20). The SMILES string of the molecule is CCNc1c(C)c(C(F)(F)F)nc2cc(F)c(OC)cc12. The second-order valence-electron chi connectivity index (χ2n) is 4.49. The average Bonchev–Trinajstić information content (AvgIpc) is 2.40. The number of rotatable bonds is 3. The maximum Gasteiger partial charge on any atom is 0.433 e. The molecule has 0 fully saturated rings. The van der Waals surface area contributed by atoms with Crippen LogP contribution in [0.5, 0.6) is 5.75 Å². The highest BCUT2D eigenvalue weighted by Gasteiger charge is 2.36. The van der Waals surface area contributed by atoms with Gasteiger partial charge in [0.05, 0.1) is 12.6 Å². The fraction of sp³-hybridized carbons (Fsp3) is 0.357. The maximum atomic E-state index is 13.7. The molecule has 7 heteroatoms. The highest BCUT2D eigenvalue weighted by atomic mass is 19.4. The fourth-order valence-electron chi connectivity index (χ4n) is 2.20. The molecule has 0 amide bonds. The first kappa shape index (κ1) is 15.3. The summed E-state index contributed by atoms with van der Waals surface area (Å²) in [7, 11) is 1.29. The number of fused-ring (bicyclic) bond motifs is 1. The predicted octanol–water partition coefficient (Wildman–Crippen LogP) is 4.14. The van der Waals surface area contributed by atoms with Gasteiger partial charge in [0.15, 0.2) is 11.6 Å². The molecule has 0 bridgehead atoms. The summed E-state index contributed by atoms with van der Waals surface area (Å²) in [5, 5.41) is 3.27. The smallest absolute Gasteiger partial charge is 0.433 e. The van der Waals surface area contributed by atoms with E-state index >= 15 is 0 Å². The van der Waals surface area contributed by atoms with Gasteiger partial charge >= 0.3 is 6.18 Å². The van der Waals surface area contributed by atoms with Gasteiger partial charge in [-0.25, -0.2) is 9.37 Å². The monoisotopic (exact) mass is 302 g/mol. The third kappa shape index (κ3) is 2.72. The van der Waals surface area contributed by atoms with Gasteiger partial charge < -0.3 is 10.1 Å². The topological polar surface area (TPSA) is 34.2 Å². The first-order valence-corrected chi connectivity index (χ1v) is 6.28. The van der Waals surface area contributed by atoms with Gasteiger partial charge in [-0.2, -0.15) is 13.2 Å². The summed E-state index contributed by atoms with van der Waals surface area (Å²) in [6.07, 6.45) is -4.60. The molecule has 0 unspecified atom stereocenters. The van der Waals surface area contributed by atoms with E-state index in [0.29, 0.717) is 11.9 Å². The van der Waals surface area contributed by atoms with Crippen LogP contribution in [0, 0.1) is 12.7 Å². The molecule has 1 N–H and O–H groups in total. The van der Waals surface area contributed by atoms with Crippen molar-refractivity contribution in [2.75, 3.05) is 19.0 Å². The summed E-state index contributed by atoms with van der Waals surface area (Å²) in [6.45, 7) is 3.53. The van der Waals surface area contributed by atoms with E-state index in [4.69, 9.17) is 4.74 Å². The Morgan fingerprint density at radius 1 is 1.29 bits per heavy atom. The lowest BCUT2D eigenvalue weighted by Gasteiger charge is -2.17. The minimum Gasteiger partial charge on any atom is -0.494 e. The molecule has 0 aliphatic heterocycles. The molecule has 0 aliphatic carbocycles. The number of aromatic nitrogens is 1. The van der Waals surface area contributed by atoms with Crippen LogP contribution in [0.15, 0.2) is 12.1 Å². The van der Waals surface area contributed by atoms with Crippen LogP contribution >= 0.6 is 0 Å². The number of pyridine rings is 1. The molecule has 0 saturated carbocycles. The zero-order chi connectivity index (χ0) is 15.8. The number of nitrogens with one attached hydrogen (secondary N) is 1. The maximum absolute atomic E-state index is 13.7. The van der Waals surface area contributed by atoms with Crippen LogP contribution < -0.4 is 10.1 Å². The Bertz CT molecular complexity index is 683. The molecule has 2 rings (SSSR count). The molecular formula is C14H14F4N2O. The summed E-state index contributed by atoms with van der Waals surface area (Å²) in [4.78, 5) is 3.56. The van der Waals surface area contributed by atoms with E-state index in [0.717, 1.165) is 6.07 Å². The summed E-state index contributed by atoms with van der Waals surface area (Å²) in [5.74, 6) is -0.792. The van der Waals surface area contributed by atoms with Crippen LogP contribution in [0.2, 0.25) is 0 Å². The summed E-state index contributed by atoms with van der Waals surface area (Å²) >= 11 is 0. The van der Waals surface area contributed by atoms with Gasteiger partial charge in [0, 0.05) is 29.2 Å². The van der Waals surface area contributed by atoms with Gasteiger partial charge in [-0.1, -0.05) is 0 Å². The second kappa shape index (κ2) is 5.38. The number of methoxy groups -OCH3 is 1. The van der Waals surface area contributed by atoms with E-state index in [9.17, 15) is 17.6 Å². The highest BCUT2D eigenvalue weighted by Crippen LogP contribution is 2.38. The summed E-state index contributed by atoms with van der Waals surface area (Å²) < 4.78 is 57.7. The Morgan fingerprint density at radius 2 is 1.95 bits per heavy atom. The van der Waals surface area contributed by atoms with Gasteiger partial charge in [0.1, 0.15) is 5.69 Å². The van der Waals surface area contributed by atoms with Crippen LogP contribution in [0.25, 0.3) is 10.9 Å². The molecule has 1 heterocycles. The molecule has 1 aromatic carbocycles. The molecule has 0 saturated heterocycles. The zero-order valence-corrected chi connectivity index (χ0v) is 11.7. The Morgan fingerprint density at radius 3 is 2.48 bits per heavy atom. The Hall–Kier alpha value is -2.05. The number of hydrogen-bond donors (Lipinski definition) is 1. The van der Waals surface area contributed by atoms with E-state index in [1.54, 1.807) is 6.92 Å². The second-order valence-corrected chi connectivity index (χ2v) is 4.49. The first-order chi connectivity index (χ1) is 9.79. The van der Waals surface area contributed by atoms with E-state index < -0.39 is 17.7 Å². The van der Waals surface area contributed by atoms with Gasteiger partial charge in [-0.15, -0.1) is 0 Å². The van der Waals surface area contributed by atoms with Crippen LogP contribution in [-0.4, -0.2) is 18.6 Å². The van der Waals surface area contributed by atoms with Crippen molar-refractivity contribution in [1.82, 2.24) is 4.98 Å². The van der Waals surface area contributed by atoms with Crippen molar-refractivity contribution in [3.8, 4) is 5.75 Å². The lowest BCUT2D eigenvalue weighted by atomic mass is 10.1. The summed E-state index contributed by atoms with van der Waals surface area (Å²) in [5.41, 5.74) is -0.823. The molecule has 0 aliphatic rings. The van der Waals surface area contributed by atoms with Crippen molar-refractivity contribution in [3.05, 3.63) is 29.2 Å². The van der Waals surface area contributed by atoms with Crippen molar-refractivity contribution in [2.24, 2.45) is 0 Å². The molecule has 21 heavy (non-hydrogen) atoms. The molecule has 2 aromatic rings. The lowest BCUT2D eigenvalue weighted by Crippen LogP contribution is -2.13. The van der Waals surface area contributed by atoms with Crippen molar-refractivity contribution in [2.45, 2.75) is 20.0 Å². The minimum absolute atomic E-state index is 0.0227. The van der Waals surface area contributed by atoms with Crippen LogP contribution in [0.3, 0.4) is 0 Å². The Balaban J connectivity index is 2.86. The lowest BCUT2D eigenvalue weighted by molar-refractivity contribution is -0.141. The largest absolute Gasteiger partial charge is 0.494 e. The van der Waals surface area contributed by atoms with Crippen LogP contribution in [0.4, 0.5) is 23.2 Å². The normalized spacial score (nSPS) is 11.8. The molecule has 0 radical (unpaired) electrons. The highest BCUT2D eigenvalue weighted by molar-refractivity contribution is 5.94. The molecule has 0 spiro atoms. The van der Waals surface area contributed by atoms with Crippen LogP contribution in [0.1, 0.15) is 18.2 Å². The van der Waals surface area contributed by atoms with Crippen LogP contribution in [-0.2, 0) is 6.18 Å². The number of alkyl halides is 3. The van der Waals surface area contributed by atoms with Gasteiger partial charge in [-0.3, -0.25) is 0 Å². The quantitative estimate of drug-likeness (QED) is 0.865. The van der Waals surface area contributed by atoms with Gasteiger partial charge in [-0.05, 0) is 19.9 Å². The van der Waals surface area contributed by atoms with Crippen molar-refractivity contribution in [3.63, 3.8) is 0 Å². The molecule has 0 atom stereocenters. The van der Waals surface area contributed by atoms with Crippen molar-refractivity contribution >= 4 is 16.6 Å². The zero-order valence-electron chi connectivity index (χ0n) is 11.7. The number of anilines is 1. The predicted molar refractivity (Wildman–Crippen MR) is 72.2 cm³/mol. The van der Waals surface area contributed by atoms with Gasteiger partial charge in [0.25, 0.3) is 0 Å². The Kier molecular flexibility index (Phi) is 3.93. The molecule has 1 aromatic heterocycles. The number of hydrogen-bond acceptors (Lipinski definition) is 3. The average molecular weight is 302 g/mol. The van der Waals surface area contributed by atoms with Gasteiger partial charge in [0.2, 0.25) is 0 Å². The van der Waals surface area contributed by atoms with Crippen molar-refractivity contribution in [1.29, 1.82) is 0 Å². The number of halogens is 4. The van der Waals surface area contributed by atoms with E-state index in [1.807, 2.05) is 0 Å². The number of ether oxygens (including phenoxy) is 1. The Labute approximate surface area is 118 Å². The molecular weight excluding hydrogens is 288 g/mol. The third-order valence-corrected chi connectivity index (χ3v) is 3.12. The molecule has 114 valence electrons. The number of benzene rings is 1. The summed E-state index contributed by atoms with van der Waals surface area (Å²) in [6, 6.07) is 2.30. The van der Waals surface area contributed by atoms with E-state index in [2.05, 4.69) is 10.3 Å². The number of nitrogens with zero attached hydrogens (tertiary/aromatic N) is 1.